The number of para-hydroxylation sites is 1. The minimum absolute atomic E-state index is 0.126. The van der Waals surface area contributed by atoms with Gasteiger partial charge < -0.3 is 14.8 Å². The van der Waals surface area contributed by atoms with E-state index in [1.165, 1.54) is 6.07 Å². The summed E-state index contributed by atoms with van der Waals surface area (Å²) in [6, 6.07) is 7.53. The molecule has 0 atom stereocenters. The van der Waals surface area contributed by atoms with Crippen molar-refractivity contribution in [3.8, 4) is 11.8 Å². The number of nitriles is 1. The molecule has 0 aromatic heterocycles. The first-order chi connectivity index (χ1) is 10.9. The van der Waals surface area contributed by atoms with Crippen LogP contribution in [0.15, 0.2) is 24.3 Å². The van der Waals surface area contributed by atoms with E-state index in [1.807, 2.05) is 11.4 Å². The van der Waals surface area contributed by atoms with Crippen LogP contribution in [0.2, 0.25) is 0 Å². The fraction of sp³-hybridized carbons (Fsp3) is 0.333. The first-order valence-electron chi connectivity index (χ1n) is 6.80. The molecule has 0 saturated heterocycles. The molecule has 8 nitrogen and oxygen atoms in total. The monoisotopic (exact) mass is 319 g/mol. The Bertz CT molecular complexity index is 622. The fourth-order valence-electron chi connectivity index (χ4n) is 1.47. The molecule has 0 fully saturated rings. The molecular formula is C15H17N3O5. The Morgan fingerprint density at radius 1 is 1.22 bits per heavy atom. The molecule has 0 unspecified atom stereocenters. The van der Waals surface area contributed by atoms with Gasteiger partial charge in [-0.2, -0.15) is 5.26 Å². The second-order valence-corrected chi connectivity index (χ2v) is 4.73. The zero-order valence-corrected chi connectivity index (χ0v) is 12.8. The van der Waals surface area contributed by atoms with Crippen LogP contribution in [0.25, 0.3) is 0 Å². The van der Waals surface area contributed by atoms with Crippen LogP contribution in [0.4, 0.5) is 4.79 Å². The summed E-state index contributed by atoms with van der Waals surface area (Å²) in [6.45, 7) is 2.42. The molecule has 0 saturated carbocycles. The summed E-state index contributed by atoms with van der Waals surface area (Å²) in [5.74, 6) is -1.31. The third kappa shape index (κ3) is 6.95. The van der Waals surface area contributed by atoms with E-state index in [2.05, 4.69) is 10.1 Å². The van der Waals surface area contributed by atoms with Gasteiger partial charge in [-0.05, 0) is 26.0 Å². The molecule has 0 radical (unpaired) electrons. The first-order valence-corrected chi connectivity index (χ1v) is 6.80. The highest BCUT2D eigenvalue weighted by atomic mass is 16.6. The van der Waals surface area contributed by atoms with E-state index in [0.717, 1.165) is 0 Å². The number of carbonyl (C=O) groups is 3. The zero-order chi connectivity index (χ0) is 17.2. The Balaban J connectivity index is 2.33. The molecule has 8 heteroatoms. The highest BCUT2D eigenvalue weighted by molar-refractivity contribution is 5.95. The van der Waals surface area contributed by atoms with Gasteiger partial charge in [0, 0.05) is 6.04 Å². The molecular weight excluding hydrogens is 302 g/mol. The Morgan fingerprint density at radius 2 is 1.91 bits per heavy atom. The van der Waals surface area contributed by atoms with Crippen molar-refractivity contribution < 1.29 is 23.9 Å². The largest absolute Gasteiger partial charge is 0.481 e. The van der Waals surface area contributed by atoms with Crippen molar-refractivity contribution in [3.63, 3.8) is 0 Å². The van der Waals surface area contributed by atoms with Crippen LogP contribution in [0.3, 0.4) is 0 Å². The summed E-state index contributed by atoms with van der Waals surface area (Å²) in [7, 11) is 0. The van der Waals surface area contributed by atoms with Crippen molar-refractivity contribution in [1.82, 2.24) is 10.6 Å². The van der Waals surface area contributed by atoms with Gasteiger partial charge in [0.2, 0.25) is 0 Å². The number of nitrogens with one attached hydrogen (secondary N) is 2. The van der Waals surface area contributed by atoms with E-state index in [4.69, 9.17) is 10.00 Å². The van der Waals surface area contributed by atoms with Gasteiger partial charge in [-0.3, -0.25) is 10.1 Å². The lowest BCUT2D eigenvalue weighted by Crippen LogP contribution is -2.44. The second-order valence-electron chi connectivity index (χ2n) is 4.73. The highest BCUT2D eigenvalue weighted by Crippen LogP contribution is 2.16. The van der Waals surface area contributed by atoms with Crippen molar-refractivity contribution in [2.75, 3.05) is 13.2 Å². The molecule has 0 spiro atoms. The molecule has 0 aliphatic heterocycles. The molecule has 1 aromatic rings. The van der Waals surface area contributed by atoms with Crippen LogP contribution in [0.1, 0.15) is 19.4 Å². The van der Waals surface area contributed by atoms with E-state index in [9.17, 15) is 14.4 Å². The van der Waals surface area contributed by atoms with E-state index in [1.54, 1.807) is 32.0 Å². The maximum Gasteiger partial charge on any atom is 0.344 e. The predicted octanol–water partition coefficient (Wildman–Crippen LogP) is 0.714. The summed E-state index contributed by atoms with van der Waals surface area (Å²) in [5.41, 5.74) is 0.281. The SMILES string of the molecule is CC(C)NC(=O)NC(=O)COC(=O)COc1ccccc1C#N. The smallest absolute Gasteiger partial charge is 0.344 e. The normalized spacial score (nSPS) is 9.65. The third-order valence-electron chi connectivity index (χ3n) is 2.39. The van der Waals surface area contributed by atoms with Crippen LogP contribution in [0.5, 0.6) is 5.75 Å². The maximum atomic E-state index is 11.5. The molecule has 0 heterocycles. The second kappa shape index (κ2) is 9.04. The van der Waals surface area contributed by atoms with Crippen molar-refractivity contribution in [2.45, 2.75) is 19.9 Å². The lowest BCUT2D eigenvalue weighted by molar-refractivity contribution is -0.150. The van der Waals surface area contributed by atoms with E-state index < -0.39 is 31.1 Å². The number of rotatable bonds is 6. The Labute approximate surface area is 133 Å². The van der Waals surface area contributed by atoms with Gasteiger partial charge in [0.05, 0.1) is 5.56 Å². The summed E-state index contributed by atoms with van der Waals surface area (Å²) in [5, 5.41) is 13.3. The number of nitrogens with zero attached hydrogens (tertiary/aromatic N) is 1. The van der Waals surface area contributed by atoms with Gasteiger partial charge in [0.15, 0.2) is 13.2 Å². The van der Waals surface area contributed by atoms with Gasteiger partial charge in [0.25, 0.3) is 5.91 Å². The van der Waals surface area contributed by atoms with Crippen LogP contribution >= 0.6 is 0 Å². The average molecular weight is 319 g/mol. The molecule has 3 amide bonds. The molecule has 0 aliphatic rings. The van der Waals surface area contributed by atoms with Gasteiger partial charge in [-0.15, -0.1) is 0 Å². The predicted molar refractivity (Wildman–Crippen MR) is 79.4 cm³/mol. The van der Waals surface area contributed by atoms with Crippen molar-refractivity contribution in [2.24, 2.45) is 0 Å². The number of esters is 1. The number of hydrogen-bond donors (Lipinski definition) is 2. The van der Waals surface area contributed by atoms with Crippen LogP contribution in [-0.2, 0) is 14.3 Å². The molecule has 1 aromatic carbocycles. The highest BCUT2D eigenvalue weighted by Gasteiger charge is 2.12. The van der Waals surface area contributed by atoms with Gasteiger partial charge in [-0.1, -0.05) is 12.1 Å². The van der Waals surface area contributed by atoms with Crippen molar-refractivity contribution >= 4 is 17.9 Å². The number of carbonyl (C=O) groups excluding carboxylic acids is 3. The number of benzene rings is 1. The minimum atomic E-state index is -0.794. The maximum absolute atomic E-state index is 11.5. The number of urea groups is 1. The fourth-order valence-corrected chi connectivity index (χ4v) is 1.47. The average Bonchev–Trinajstić information content (AvgIpc) is 2.50. The van der Waals surface area contributed by atoms with Crippen molar-refractivity contribution in [1.29, 1.82) is 5.26 Å². The van der Waals surface area contributed by atoms with Gasteiger partial charge in [0.1, 0.15) is 11.8 Å². The van der Waals surface area contributed by atoms with Crippen molar-refractivity contribution in [3.05, 3.63) is 29.8 Å². The lowest BCUT2D eigenvalue weighted by Gasteiger charge is -2.10. The van der Waals surface area contributed by atoms with E-state index >= 15 is 0 Å². The number of amides is 3. The molecule has 122 valence electrons. The zero-order valence-electron chi connectivity index (χ0n) is 12.8. The first kappa shape index (κ1) is 18.0. The number of hydrogen-bond acceptors (Lipinski definition) is 6. The minimum Gasteiger partial charge on any atom is -0.481 e. The summed E-state index contributed by atoms with van der Waals surface area (Å²) < 4.78 is 9.81. The molecule has 23 heavy (non-hydrogen) atoms. The summed E-state index contributed by atoms with van der Waals surface area (Å²) in [4.78, 5) is 34.1. The Kier molecular flexibility index (Phi) is 7.07. The van der Waals surface area contributed by atoms with Crippen LogP contribution in [0, 0.1) is 11.3 Å². The van der Waals surface area contributed by atoms with Gasteiger partial charge >= 0.3 is 12.0 Å². The Hall–Kier alpha value is -3.08. The van der Waals surface area contributed by atoms with E-state index in [-0.39, 0.29) is 17.4 Å². The topological polar surface area (TPSA) is 118 Å². The van der Waals surface area contributed by atoms with Crippen LogP contribution in [-0.4, -0.2) is 37.2 Å². The number of ether oxygens (including phenoxy) is 2. The third-order valence-corrected chi connectivity index (χ3v) is 2.39. The summed E-state index contributed by atoms with van der Waals surface area (Å²) in [6.07, 6.45) is 0. The molecule has 0 aliphatic carbocycles. The summed E-state index contributed by atoms with van der Waals surface area (Å²) >= 11 is 0. The molecule has 0 bridgehead atoms. The quantitative estimate of drug-likeness (QED) is 0.746. The van der Waals surface area contributed by atoms with E-state index in [0.29, 0.717) is 0 Å². The van der Waals surface area contributed by atoms with Crippen LogP contribution < -0.4 is 15.4 Å². The lowest BCUT2D eigenvalue weighted by atomic mass is 10.2. The Morgan fingerprint density at radius 3 is 2.57 bits per heavy atom. The number of imide groups is 1. The molecule has 1 rings (SSSR count). The molecule has 2 N–H and O–H groups in total. The standard InChI is InChI=1S/C15H17N3O5/c1-10(2)17-15(21)18-13(19)8-23-14(20)9-22-12-6-4-3-5-11(12)7-16/h3-6,10H,8-9H2,1-2H3,(H2,17,18,19,21). The van der Waals surface area contributed by atoms with Gasteiger partial charge in [-0.25, -0.2) is 9.59 Å².